The van der Waals surface area contributed by atoms with Gasteiger partial charge in [0.05, 0.1) is 0 Å². The van der Waals surface area contributed by atoms with Crippen LogP contribution in [0, 0.1) is 0 Å². The number of aromatic amines is 1. The van der Waals surface area contributed by atoms with Gasteiger partial charge in [-0.15, -0.1) is 0 Å². The lowest BCUT2D eigenvalue weighted by Gasteiger charge is -2.02. The maximum Gasteiger partial charge on any atom is 0.160 e. The molecule has 2 aromatic heterocycles. The topological polar surface area (TPSA) is 72.3 Å². The molecule has 1 aromatic carbocycles. The van der Waals surface area contributed by atoms with Crippen LogP contribution in [0.2, 0.25) is 0 Å². The lowest BCUT2D eigenvalue weighted by molar-refractivity contribution is 0.655. The number of fused-ring (bicyclic) bond motifs is 1. The lowest BCUT2D eigenvalue weighted by Crippen LogP contribution is -2.00. The van der Waals surface area contributed by atoms with Gasteiger partial charge in [-0.05, 0) is 19.1 Å². The molecule has 0 aliphatic heterocycles. The molecule has 0 saturated carbocycles. The summed E-state index contributed by atoms with van der Waals surface area (Å²) in [4.78, 5) is 4.57. The zero-order valence-electron chi connectivity index (χ0n) is 10.4. The van der Waals surface area contributed by atoms with E-state index < -0.39 is 0 Å². The number of nitrogens with one attached hydrogen (secondary N) is 1. The monoisotopic (exact) mass is 242 g/mol. The number of H-pyrrole nitrogens is 1. The number of rotatable bonds is 3. The number of hydrogen-bond acceptors (Lipinski definition) is 4. The van der Waals surface area contributed by atoms with Gasteiger partial charge >= 0.3 is 0 Å². The summed E-state index contributed by atoms with van der Waals surface area (Å²) in [5.74, 6) is 1.71. The fourth-order valence-electron chi connectivity index (χ4n) is 2.01. The Kier molecular flexibility index (Phi) is 2.55. The van der Waals surface area contributed by atoms with Crippen molar-refractivity contribution < 1.29 is 0 Å². The summed E-state index contributed by atoms with van der Waals surface area (Å²) in [6, 6.07) is 5.89. The van der Waals surface area contributed by atoms with Crippen LogP contribution < -0.4 is 0 Å². The molecule has 0 spiro atoms. The van der Waals surface area contributed by atoms with E-state index in [-0.39, 0.29) is 0 Å². The normalized spacial score (nSPS) is 11.2. The largest absolute Gasteiger partial charge is 0.246 e. The standard InChI is InChI=1S/C12H14N6/c1-3-10-13-12(18(4-2)16-10)8-6-5-7-9-11(8)15-17-14-9/h5-7H,3-4H2,1-2H3,(H,14,15,17). The molecule has 0 bridgehead atoms. The Hall–Kier alpha value is -2.24. The van der Waals surface area contributed by atoms with Gasteiger partial charge in [0.1, 0.15) is 11.0 Å². The van der Waals surface area contributed by atoms with Crippen molar-refractivity contribution in [1.29, 1.82) is 0 Å². The molecular weight excluding hydrogens is 228 g/mol. The van der Waals surface area contributed by atoms with Gasteiger partial charge in [-0.2, -0.15) is 20.5 Å². The Balaban J connectivity index is 2.25. The predicted molar refractivity (Wildman–Crippen MR) is 68.0 cm³/mol. The summed E-state index contributed by atoms with van der Waals surface area (Å²) < 4.78 is 1.91. The maximum atomic E-state index is 4.57. The first-order valence-electron chi connectivity index (χ1n) is 6.07. The Morgan fingerprint density at radius 2 is 2.11 bits per heavy atom. The Labute approximate surface area is 104 Å². The molecule has 0 aliphatic rings. The van der Waals surface area contributed by atoms with Gasteiger partial charge in [-0.25, -0.2) is 9.67 Å². The van der Waals surface area contributed by atoms with Gasteiger partial charge in [-0.1, -0.05) is 13.0 Å². The van der Waals surface area contributed by atoms with Crippen molar-refractivity contribution in [3.8, 4) is 11.4 Å². The molecule has 0 radical (unpaired) electrons. The van der Waals surface area contributed by atoms with E-state index in [9.17, 15) is 0 Å². The molecule has 92 valence electrons. The minimum absolute atomic E-state index is 0.788. The minimum Gasteiger partial charge on any atom is -0.246 e. The summed E-state index contributed by atoms with van der Waals surface area (Å²) in [7, 11) is 0. The molecular formula is C12H14N6. The van der Waals surface area contributed by atoms with Gasteiger partial charge in [0.2, 0.25) is 0 Å². The third kappa shape index (κ3) is 1.57. The van der Waals surface area contributed by atoms with E-state index in [2.05, 4.69) is 39.3 Å². The summed E-state index contributed by atoms with van der Waals surface area (Å²) in [6.07, 6.45) is 0.828. The summed E-state index contributed by atoms with van der Waals surface area (Å²) in [5, 5.41) is 15.4. The molecule has 2 heterocycles. The van der Waals surface area contributed by atoms with Crippen molar-refractivity contribution in [2.75, 3.05) is 0 Å². The summed E-state index contributed by atoms with van der Waals surface area (Å²) >= 11 is 0. The average Bonchev–Trinajstić information content (AvgIpc) is 3.04. The molecule has 1 N–H and O–H groups in total. The number of para-hydroxylation sites is 1. The van der Waals surface area contributed by atoms with E-state index in [4.69, 9.17) is 0 Å². The molecule has 0 saturated heterocycles. The van der Waals surface area contributed by atoms with Crippen molar-refractivity contribution in [3.63, 3.8) is 0 Å². The highest BCUT2D eigenvalue weighted by molar-refractivity contribution is 5.89. The third-order valence-electron chi connectivity index (χ3n) is 2.92. The van der Waals surface area contributed by atoms with Gasteiger partial charge in [0.25, 0.3) is 0 Å². The molecule has 0 atom stereocenters. The van der Waals surface area contributed by atoms with E-state index in [0.717, 1.165) is 41.2 Å². The molecule has 18 heavy (non-hydrogen) atoms. The van der Waals surface area contributed by atoms with Crippen LogP contribution in [-0.4, -0.2) is 30.2 Å². The Morgan fingerprint density at radius 1 is 1.22 bits per heavy atom. The van der Waals surface area contributed by atoms with E-state index in [1.807, 2.05) is 22.9 Å². The van der Waals surface area contributed by atoms with E-state index in [1.165, 1.54) is 0 Å². The van der Waals surface area contributed by atoms with E-state index in [1.54, 1.807) is 0 Å². The summed E-state index contributed by atoms with van der Waals surface area (Å²) in [5.41, 5.74) is 2.65. The van der Waals surface area contributed by atoms with Crippen LogP contribution in [0.15, 0.2) is 18.2 Å². The van der Waals surface area contributed by atoms with Gasteiger partial charge < -0.3 is 0 Å². The van der Waals surface area contributed by atoms with Crippen molar-refractivity contribution in [2.45, 2.75) is 26.8 Å². The van der Waals surface area contributed by atoms with E-state index >= 15 is 0 Å². The second-order valence-corrected chi connectivity index (χ2v) is 4.02. The SMILES string of the molecule is CCc1nc(-c2cccc3n[nH]nc23)n(CC)n1. The van der Waals surface area contributed by atoms with Crippen LogP contribution in [0.1, 0.15) is 19.7 Å². The molecule has 0 aliphatic carbocycles. The van der Waals surface area contributed by atoms with Gasteiger partial charge in [0, 0.05) is 18.5 Å². The second-order valence-electron chi connectivity index (χ2n) is 4.02. The van der Waals surface area contributed by atoms with Crippen LogP contribution in [0.25, 0.3) is 22.4 Å². The van der Waals surface area contributed by atoms with Crippen LogP contribution in [0.4, 0.5) is 0 Å². The number of hydrogen-bond donors (Lipinski definition) is 1. The van der Waals surface area contributed by atoms with Gasteiger partial charge in [-0.3, -0.25) is 0 Å². The number of nitrogens with zero attached hydrogens (tertiary/aromatic N) is 5. The quantitative estimate of drug-likeness (QED) is 0.760. The Bertz CT molecular complexity index is 681. The first kappa shape index (κ1) is 10.9. The highest BCUT2D eigenvalue weighted by atomic mass is 15.4. The lowest BCUT2D eigenvalue weighted by atomic mass is 10.1. The zero-order valence-corrected chi connectivity index (χ0v) is 10.4. The van der Waals surface area contributed by atoms with E-state index in [0.29, 0.717) is 0 Å². The average molecular weight is 242 g/mol. The number of aryl methyl sites for hydroxylation is 2. The molecule has 6 nitrogen and oxygen atoms in total. The predicted octanol–water partition coefficient (Wildman–Crippen LogP) is 1.80. The smallest absolute Gasteiger partial charge is 0.160 e. The zero-order chi connectivity index (χ0) is 12.5. The molecule has 0 fully saturated rings. The minimum atomic E-state index is 0.788. The maximum absolute atomic E-state index is 4.57. The van der Waals surface area contributed by atoms with Crippen molar-refractivity contribution in [1.82, 2.24) is 30.2 Å². The van der Waals surface area contributed by atoms with Crippen molar-refractivity contribution in [3.05, 3.63) is 24.0 Å². The number of aromatic nitrogens is 6. The Morgan fingerprint density at radius 3 is 2.89 bits per heavy atom. The van der Waals surface area contributed by atoms with Crippen LogP contribution in [0.5, 0.6) is 0 Å². The van der Waals surface area contributed by atoms with Crippen LogP contribution in [-0.2, 0) is 13.0 Å². The van der Waals surface area contributed by atoms with Crippen LogP contribution >= 0.6 is 0 Å². The number of benzene rings is 1. The van der Waals surface area contributed by atoms with Crippen molar-refractivity contribution in [2.24, 2.45) is 0 Å². The van der Waals surface area contributed by atoms with Crippen LogP contribution in [0.3, 0.4) is 0 Å². The van der Waals surface area contributed by atoms with Crippen molar-refractivity contribution >= 4 is 11.0 Å². The molecule has 3 aromatic rings. The highest BCUT2D eigenvalue weighted by Crippen LogP contribution is 2.24. The highest BCUT2D eigenvalue weighted by Gasteiger charge is 2.14. The first-order valence-corrected chi connectivity index (χ1v) is 6.07. The third-order valence-corrected chi connectivity index (χ3v) is 2.92. The molecule has 6 heteroatoms. The second kappa shape index (κ2) is 4.21. The fourth-order valence-corrected chi connectivity index (χ4v) is 2.01. The molecule has 3 rings (SSSR count). The fraction of sp³-hybridized carbons (Fsp3) is 0.333. The molecule has 0 amide bonds. The molecule has 0 unspecified atom stereocenters. The summed E-state index contributed by atoms with van der Waals surface area (Å²) in [6.45, 7) is 4.90. The van der Waals surface area contributed by atoms with Gasteiger partial charge in [0.15, 0.2) is 11.6 Å². The first-order chi connectivity index (χ1) is 8.83.